The summed E-state index contributed by atoms with van der Waals surface area (Å²) in [7, 11) is 0. The molecule has 1 aromatic carbocycles. The SMILES string of the molecule is CC(=O)N(CCc1noc(C2CCC2)n1)C1CCN(C(=O)NCCc2ccccc2)C1. The lowest BCUT2D eigenvalue weighted by molar-refractivity contribution is -0.130. The minimum atomic E-state index is -0.0646. The van der Waals surface area contributed by atoms with Crippen LogP contribution in [0.15, 0.2) is 34.9 Å². The molecule has 1 saturated carbocycles. The lowest BCUT2D eigenvalue weighted by atomic mass is 9.85. The first-order valence-electron chi connectivity index (χ1n) is 11.3. The molecule has 0 bridgehead atoms. The van der Waals surface area contributed by atoms with E-state index < -0.39 is 0 Å². The second kappa shape index (κ2) is 9.94. The Hall–Kier alpha value is -2.90. The van der Waals surface area contributed by atoms with Gasteiger partial charge in [0.05, 0.1) is 6.04 Å². The van der Waals surface area contributed by atoms with E-state index in [1.165, 1.54) is 12.0 Å². The topological polar surface area (TPSA) is 91.6 Å². The molecule has 4 rings (SSSR count). The van der Waals surface area contributed by atoms with Crippen LogP contribution in [0.2, 0.25) is 0 Å². The van der Waals surface area contributed by atoms with Gasteiger partial charge in [-0.2, -0.15) is 4.98 Å². The van der Waals surface area contributed by atoms with Gasteiger partial charge in [0.25, 0.3) is 0 Å². The number of likely N-dealkylation sites (tertiary alicyclic amines) is 1. The fraction of sp³-hybridized carbons (Fsp3) is 0.565. The van der Waals surface area contributed by atoms with Crippen LogP contribution in [0.3, 0.4) is 0 Å². The van der Waals surface area contributed by atoms with Crippen LogP contribution in [0.4, 0.5) is 4.79 Å². The van der Waals surface area contributed by atoms with Gasteiger partial charge in [0.2, 0.25) is 11.8 Å². The summed E-state index contributed by atoms with van der Waals surface area (Å²) < 4.78 is 5.38. The van der Waals surface area contributed by atoms with Crippen molar-refractivity contribution in [2.45, 2.75) is 57.4 Å². The number of hydrogen-bond donors (Lipinski definition) is 1. The molecular formula is C23H31N5O3. The molecule has 8 heteroatoms. The third-order valence-corrected chi connectivity index (χ3v) is 6.34. The van der Waals surface area contributed by atoms with Crippen molar-refractivity contribution in [2.75, 3.05) is 26.2 Å². The standard InChI is InChI=1S/C23H31N5O3/c1-17(29)28(15-12-21-25-22(31-26-21)19-8-5-9-19)20-11-14-27(16-20)23(30)24-13-10-18-6-3-2-4-7-18/h2-4,6-7,19-20H,5,8-16H2,1H3,(H,24,30). The average molecular weight is 426 g/mol. The number of nitrogens with zero attached hydrogens (tertiary/aromatic N) is 4. The van der Waals surface area contributed by atoms with Crippen molar-refractivity contribution < 1.29 is 14.1 Å². The zero-order valence-electron chi connectivity index (χ0n) is 18.1. The van der Waals surface area contributed by atoms with Crippen LogP contribution in [-0.2, 0) is 17.6 Å². The second-order valence-electron chi connectivity index (χ2n) is 8.50. The van der Waals surface area contributed by atoms with Gasteiger partial charge in [0.15, 0.2) is 5.82 Å². The van der Waals surface area contributed by atoms with Crippen molar-refractivity contribution in [2.24, 2.45) is 0 Å². The highest BCUT2D eigenvalue weighted by molar-refractivity contribution is 5.76. The Morgan fingerprint density at radius 1 is 1.19 bits per heavy atom. The van der Waals surface area contributed by atoms with Gasteiger partial charge < -0.3 is 19.6 Å². The van der Waals surface area contributed by atoms with Crippen molar-refractivity contribution in [3.05, 3.63) is 47.6 Å². The lowest BCUT2D eigenvalue weighted by Gasteiger charge is -2.27. The van der Waals surface area contributed by atoms with Crippen LogP contribution in [0, 0.1) is 0 Å². The summed E-state index contributed by atoms with van der Waals surface area (Å²) in [6.45, 7) is 3.92. The van der Waals surface area contributed by atoms with Crippen LogP contribution in [0.5, 0.6) is 0 Å². The number of urea groups is 1. The quantitative estimate of drug-likeness (QED) is 0.702. The van der Waals surface area contributed by atoms with Gasteiger partial charge in [-0.3, -0.25) is 4.79 Å². The van der Waals surface area contributed by atoms with Gasteiger partial charge in [-0.05, 0) is 31.2 Å². The Morgan fingerprint density at radius 3 is 2.71 bits per heavy atom. The van der Waals surface area contributed by atoms with E-state index in [2.05, 4.69) is 27.6 Å². The van der Waals surface area contributed by atoms with Crippen molar-refractivity contribution in [3.63, 3.8) is 0 Å². The molecule has 31 heavy (non-hydrogen) atoms. The molecule has 166 valence electrons. The van der Waals surface area contributed by atoms with Gasteiger partial charge in [0.1, 0.15) is 0 Å². The molecular weight excluding hydrogens is 394 g/mol. The molecule has 1 aromatic heterocycles. The zero-order valence-corrected chi connectivity index (χ0v) is 18.1. The van der Waals surface area contributed by atoms with Gasteiger partial charge in [-0.25, -0.2) is 4.79 Å². The van der Waals surface area contributed by atoms with Gasteiger partial charge >= 0.3 is 6.03 Å². The van der Waals surface area contributed by atoms with Crippen molar-refractivity contribution in [3.8, 4) is 0 Å². The van der Waals surface area contributed by atoms with E-state index in [-0.39, 0.29) is 18.0 Å². The highest BCUT2D eigenvalue weighted by Gasteiger charge is 2.32. The maximum atomic E-state index is 12.5. The number of amides is 3. The molecule has 8 nitrogen and oxygen atoms in total. The van der Waals surface area contributed by atoms with Crippen molar-refractivity contribution >= 4 is 11.9 Å². The number of rotatable bonds is 8. The highest BCUT2D eigenvalue weighted by atomic mass is 16.5. The van der Waals surface area contributed by atoms with E-state index in [0.29, 0.717) is 44.3 Å². The summed E-state index contributed by atoms with van der Waals surface area (Å²) >= 11 is 0. The Labute approximate surface area is 183 Å². The number of hydrogen-bond acceptors (Lipinski definition) is 5. The molecule has 1 aliphatic carbocycles. The van der Waals surface area contributed by atoms with E-state index in [4.69, 9.17) is 4.52 Å². The number of benzene rings is 1. The summed E-state index contributed by atoms with van der Waals surface area (Å²) in [6, 6.07) is 10.1. The monoisotopic (exact) mass is 425 g/mol. The van der Waals surface area contributed by atoms with Crippen molar-refractivity contribution in [1.29, 1.82) is 0 Å². The van der Waals surface area contributed by atoms with Crippen LogP contribution >= 0.6 is 0 Å². The average Bonchev–Trinajstić information content (AvgIpc) is 3.38. The minimum Gasteiger partial charge on any atom is -0.339 e. The predicted molar refractivity (Wildman–Crippen MR) is 116 cm³/mol. The Kier molecular flexibility index (Phi) is 6.84. The summed E-state index contributed by atoms with van der Waals surface area (Å²) in [4.78, 5) is 32.9. The van der Waals surface area contributed by atoms with Crippen LogP contribution in [0.1, 0.15) is 55.8 Å². The molecule has 3 amide bonds. The fourth-order valence-electron chi connectivity index (χ4n) is 4.26. The molecule has 2 heterocycles. The molecule has 2 fully saturated rings. The molecule has 2 aromatic rings. The van der Waals surface area contributed by atoms with Crippen molar-refractivity contribution in [1.82, 2.24) is 25.3 Å². The normalized spacial score (nSPS) is 18.6. The molecule has 1 saturated heterocycles. The van der Waals surface area contributed by atoms with Gasteiger partial charge in [-0.15, -0.1) is 0 Å². The largest absolute Gasteiger partial charge is 0.339 e. The first-order valence-corrected chi connectivity index (χ1v) is 11.3. The zero-order chi connectivity index (χ0) is 21.6. The molecule has 1 unspecified atom stereocenters. The maximum Gasteiger partial charge on any atom is 0.317 e. The fourth-order valence-corrected chi connectivity index (χ4v) is 4.26. The highest BCUT2D eigenvalue weighted by Crippen LogP contribution is 2.35. The Balaban J connectivity index is 1.24. The van der Waals surface area contributed by atoms with E-state index in [0.717, 1.165) is 31.6 Å². The first kappa shape index (κ1) is 21.3. The Morgan fingerprint density at radius 2 is 2.00 bits per heavy atom. The summed E-state index contributed by atoms with van der Waals surface area (Å²) in [5.41, 5.74) is 1.20. The second-order valence-corrected chi connectivity index (χ2v) is 8.50. The third kappa shape index (κ3) is 5.42. The Bertz CT molecular complexity index is 880. The summed E-state index contributed by atoms with van der Waals surface area (Å²) in [5.74, 6) is 1.81. The van der Waals surface area contributed by atoms with Gasteiger partial charge in [-0.1, -0.05) is 41.9 Å². The molecule has 2 aliphatic rings. The molecule has 1 aliphatic heterocycles. The molecule has 1 atom stereocenters. The maximum absolute atomic E-state index is 12.5. The van der Waals surface area contributed by atoms with Gasteiger partial charge in [0, 0.05) is 45.4 Å². The summed E-state index contributed by atoms with van der Waals surface area (Å²) in [5, 5.41) is 7.08. The smallest absolute Gasteiger partial charge is 0.317 e. The first-order chi connectivity index (χ1) is 15.1. The molecule has 1 N–H and O–H groups in total. The number of carbonyl (C=O) groups excluding carboxylic acids is 2. The van der Waals surface area contributed by atoms with Crippen LogP contribution < -0.4 is 5.32 Å². The third-order valence-electron chi connectivity index (χ3n) is 6.34. The van der Waals surface area contributed by atoms with E-state index in [1.54, 1.807) is 11.8 Å². The number of aromatic nitrogens is 2. The summed E-state index contributed by atoms with van der Waals surface area (Å²) in [6.07, 6.45) is 5.61. The van der Waals surface area contributed by atoms with E-state index >= 15 is 0 Å². The number of nitrogens with one attached hydrogen (secondary N) is 1. The minimum absolute atomic E-state index is 0.0130. The number of carbonyl (C=O) groups is 2. The lowest BCUT2D eigenvalue weighted by Crippen LogP contribution is -2.44. The van der Waals surface area contributed by atoms with E-state index in [9.17, 15) is 9.59 Å². The molecule has 0 spiro atoms. The molecule has 0 radical (unpaired) electrons. The predicted octanol–water partition coefficient (Wildman–Crippen LogP) is 2.75. The van der Waals surface area contributed by atoms with Crippen LogP contribution in [-0.4, -0.2) is 64.1 Å². The van der Waals surface area contributed by atoms with Crippen LogP contribution in [0.25, 0.3) is 0 Å². The van der Waals surface area contributed by atoms with E-state index in [1.807, 2.05) is 23.1 Å².